The van der Waals surface area contributed by atoms with Gasteiger partial charge < -0.3 is 15.4 Å². The van der Waals surface area contributed by atoms with Crippen LogP contribution in [0.5, 0.6) is 0 Å². The Morgan fingerprint density at radius 2 is 2.26 bits per heavy atom. The molecule has 0 aromatic carbocycles. The van der Waals surface area contributed by atoms with Crippen molar-refractivity contribution in [3.8, 4) is 0 Å². The largest absolute Gasteiger partial charge is 0.477 e. The van der Waals surface area contributed by atoms with E-state index in [1.54, 1.807) is 25.4 Å². The van der Waals surface area contributed by atoms with Gasteiger partial charge in [0, 0.05) is 12.4 Å². The fraction of sp³-hybridized carbons (Fsp3) is 0.167. The first-order valence-electron chi connectivity index (χ1n) is 5.57. The maximum atomic E-state index is 11.9. The summed E-state index contributed by atoms with van der Waals surface area (Å²) in [5.74, 6) is -1.77. The van der Waals surface area contributed by atoms with Crippen molar-refractivity contribution in [2.75, 3.05) is 0 Å². The summed E-state index contributed by atoms with van der Waals surface area (Å²) in [5, 5.41) is 11.6. The number of carboxylic acid groups (broad SMARTS) is 1. The predicted octanol–water partition coefficient (Wildman–Crippen LogP) is 0.994. The number of hydrogen-bond acceptors (Lipinski definition) is 4. The number of carboxylic acids is 1. The molecule has 2 rings (SSSR count). The van der Waals surface area contributed by atoms with Gasteiger partial charge in [-0.25, -0.2) is 9.78 Å². The Labute approximate surface area is 108 Å². The maximum Gasteiger partial charge on any atom is 0.354 e. The molecule has 19 heavy (non-hydrogen) atoms. The van der Waals surface area contributed by atoms with Crippen molar-refractivity contribution >= 4 is 11.9 Å². The molecule has 7 nitrogen and oxygen atoms in total. The van der Waals surface area contributed by atoms with Gasteiger partial charge in [0.1, 0.15) is 0 Å². The molecule has 1 atom stereocenters. The quantitative estimate of drug-likeness (QED) is 0.759. The molecule has 3 N–H and O–H groups in total. The maximum absolute atomic E-state index is 11.9. The summed E-state index contributed by atoms with van der Waals surface area (Å²) in [6, 6.07) is 3.29. The predicted molar refractivity (Wildman–Crippen MR) is 65.7 cm³/mol. The van der Waals surface area contributed by atoms with Gasteiger partial charge >= 0.3 is 5.97 Å². The van der Waals surface area contributed by atoms with Gasteiger partial charge in [-0.1, -0.05) is 6.07 Å². The van der Waals surface area contributed by atoms with Crippen molar-refractivity contribution in [2.45, 2.75) is 13.0 Å². The van der Waals surface area contributed by atoms with Crippen LogP contribution in [-0.2, 0) is 0 Å². The zero-order valence-corrected chi connectivity index (χ0v) is 10.1. The first kappa shape index (κ1) is 12.7. The Morgan fingerprint density at radius 1 is 1.47 bits per heavy atom. The van der Waals surface area contributed by atoms with E-state index in [0.717, 1.165) is 5.56 Å². The number of aromatic amines is 1. The van der Waals surface area contributed by atoms with Gasteiger partial charge in [-0.2, -0.15) is 0 Å². The van der Waals surface area contributed by atoms with Crippen LogP contribution in [0.1, 0.15) is 39.5 Å². The molecule has 0 aliphatic rings. The molecule has 0 saturated carbocycles. The van der Waals surface area contributed by atoms with E-state index in [1.807, 2.05) is 6.07 Å². The van der Waals surface area contributed by atoms with E-state index in [9.17, 15) is 9.59 Å². The van der Waals surface area contributed by atoms with Crippen LogP contribution in [0.4, 0.5) is 0 Å². The van der Waals surface area contributed by atoms with Crippen LogP contribution in [-0.4, -0.2) is 31.9 Å². The molecule has 7 heteroatoms. The number of aromatic nitrogens is 3. The first-order valence-corrected chi connectivity index (χ1v) is 5.57. The molecule has 0 aliphatic heterocycles. The number of carbonyl (C=O) groups is 2. The lowest BCUT2D eigenvalue weighted by Crippen LogP contribution is -2.28. The molecule has 1 amide bonds. The highest BCUT2D eigenvalue weighted by Crippen LogP contribution is 2.11. The molecular weight excluding hydrogens is 248 g/mol. The highest BCUT2D eigenvalue weighted by Gasteiger charge is 2.21. The Morgan fingerprint density at radius 3 is 2.89 bits per heavy atom. The molecule has 0 spiro atoms. The van der Waals surface area contributed by atoms with E-state index in [4.69, 9.17) is 5.11 Å². The van der Waals surface area contributed by atoms with E-state index in [2.05, 4.69) is 20.3 Å². The second-order valence-corrected chi connectivity index (χ2v) is 3.91. The van der Waals surface area contributed by atoms with Crippen LogP contribution in [0, 0.1) is 0 Å². The van der Waals surface area contributed by atoms with Crippen LogP contribution < -0.4 is 5.32 Å². The number of nitrogens with one attached hydrogen (secondary N) is 2. The number of nitrogens with zero attached hydrogens (tertiary/aromatic N) is 2. The molecule has 0 radical (unpaired) electrons. The standard InChI is InChI=1S/C12H12N4O3/c1-7(8-3-2-4-13-5-8)16-11(17)9-10(12(18)19)15-6-14-9/h2-7H,1H3,(H,14,15)(H,16,17)(H,18,19)/t7-/m0/s1. The topological polar surface area (TPSA) is 108 Å². The smallest absolute Gasteiger partial charge is 0.354 e. The van der Waals surface area contributed by atoms with Gasteiger partial charge in [-0.05, 0) is 18.6 Å². The SMILES string of the molecule is C[C@H](NC(=O)c1nc[nH]c1C(=O)O)c1cccnc1. The van der Waals surface area contributed by atoms with Gasteiger partial charge in [0.25, 0.3) is 5.91 Å². The molecule has 2 aromatic heterocycles. The summed E-state index contributed by atoms with van der Waals surface area (Å²) < 4.78 is 0. The summed E-state index contributed by atoms with van der Waals surface area (Å²) in [5.41, 5.74) is 0.461. The Balaban J connectivity index is 2.13. The van der Waals surface area contributed by atoms with Crippen LogP contribution in [0.3, 0.4) is 0 Å². The summed E-state index contributed by atoms with van der Waals surface area (Å²) in [6.45, 7) is 1.78. The van der Waals surface area contributed by atoms with E-state index in [0.29, 0.717) is 0 Å². The molecule has 2 aromatic rings. The zero-order valence-electron chi connectivity index (χ0n) is 10.1. The van der Waals surface area contributed by atoms with Crippen molar-refractivity contribution in [1.82, 2.24) is 20.3 Å². The minimum atomic E-state index is -1.23. The van der Waals surface area contributed by atoms with Gasteiger partial charge in [-0.3, -0.25) is 9.78 Å². The minimum Gasteiger partial charge on any atom is -0.477 e. The van der Waals surface area contributed by atoms with Crippen LogP contribution in [0.25, 0.3) is 0 Å². The van der Waals surface area contributed by atoms with Gasteiger partial charge in [0.05, 0.1) is 12.4 Å². The molecule has 2 heterocycles. The Kier molecular flexibility index (Phi) is 3.56. The first-order chi connectivity index (χ1) is 9.09. The summed E-state index contributed by atoms with van der Waals surface area (Å²) >= 11 is 0. The third-order valence-electron chi connectivity index (χ3n) is 2.60. The second kappa shape index (κ2) is 5.30. The van der Waals surface area contributed by atoms with E-state index in [-0.39, 0.29) is 17.4 Å². The van der Waals surface area contributed by atoms with Crippen LogP contribution >= 0.6 is 0 Å². The number of carbonyl (C=O) groups excluding carboxylic acids is 1. The van der Waals surface area contributed by atoms with Crippen LogP contribution in [0.15, 0.2) is 30.9 Å². The average Bonchev–Trinajstić information content (AvgIpc) is 2.89. The lowest BCUT2D eigenvalue weighted by molar-refractivity contribution is 0.0684. The van der Waals surface area contributed by atoms with Gasteiger partial charge in [0.2, 0.25) is 0 Å². The lowest BCUT2D eigenvalue weighted by Gasteiger charge is -2.12. The van der Waals surface area contributed by atoms with Crippen molar-refractivity contribution in [1.29, 1.82) is 0 Å². The van der Waals surface area contributed by atoms with E-state index < -0.39 is 11.9 Å². The third kappa shape index (κ3) is 2.76. The summed E-state index contributed by atoms with van der Waals surface area (Å²) in [7, 11) is 0. The number of aromatic carboxylic acids is 1. The number of imidazole rings is 1. The number of rotatable bonds is 4. The van der Waals surface area contributed by atoms with Crippen molar-refractivity contribution in [3.05, 3.63) is 47.8 Å². The van der Waals surface area contributed by atoms with Crippen LogP contribution in [0.2, 0.25) is 0 Å². The lowest BCUT2D eigenvalue weighted by atomic mass is 10.1. The highest BCUT2D eigenvalue weighted by molar-refractivity contribution is 6.02. The zero-order chi connectivity index (χ0) is 13.8. The molecule has 0 unspecified atom stereocenters. The fourth-order valence-corrected chi connectivity index (χ4v) is 1.61. The van der Waals surface area contributed by atoms with Crippen molar-refractivity contribution in [2.24, 2.45) is 0 Å². The molecule has 98 valence electrons. The van der Waals surface area contributed by atoms with Gasteiger partial charge in [0.15, 0.2) is 11.4 Å². The number of pyridine rings is 1. The Hall–Kier alpha value is -2.70. The molecule has 0 fully saturated rings. The van der Waals surface area contributed by atoms with E-state index >= 15 is 0 Å². The fourth-order valence-electron chi connectivity index (χ4n) is 1.61. The number of hydrogen-bond donors (Lipinski definition) is 3. The van der Waals surface area contributed by atoms with Gasteiger partial charge in [-0.15, -0.1) is 0 Å². The number of H-pyrrole nitrogens is 1. The second-order valence-electron chi connectivity index (χ2n) is 3.91. The average molecular weight is 260 g/mol. The molecular formula is C12H12N4O3. The minimum absolute atomic E-state index is 0.136. The molecule has 0 saturated heterocycles. The Bertz CT molecular complexity index is 594. The van der Waals surface area contributed by atoms with E-state index in [1.165, 1.54) is 6.33 Å². The molecule has 0 bridgehead atoms. The normalized spacial score (nSPS) is 11.8. The van der Waals surface area contributed by atoms with Crippen molar-refractivity contribution in [3.63, 3.8) is 0 Å². The summed E-state index contributed by atoms with van der Waals surface area (Å²) in [4.78, 5) is 32.9. The number of amides is 1. The molecule has 0 aliphatic carbocycles. The third-order valence-corrected chi connectivity index (χ3v) is 2.60. The van der Waals surface area contributed by atoms with Crippen molar-refractivity contribution < 1.29 is 14.7 Å². The highest BCUT2D eigenvalue weighted by atomic mass is 16.4. The monoisotopic (exact) mass is 260 g/mol. The summed E-state index contributed by atoms with van der Waals surface area (Å²) in [6.07, 6.45) is 4.44.